The van der Waals surface area contributed by atoms with Gasteiger partial charge in [0.1, 0.15) is 5.75 Å². The topological polar surface area (TPSA) is 52.6 Å². The average Bonchev–Trinajstić information content (AvgIpc) is 2.44. The molecule has 0 bridgehead atoms. The predicted molar refractivity (Wildman–Crippen MR) is 81.6 cm³/mol. The fourth-order valence-electron chi connectivity index (χ4n) is 1.86. The fraction of sp³-hybridized carbons (Fsp3) is 0.188. The van der Waals surface area contributed by atoms with Crippen molar-refractivity contribution in [1.29, 1.82) is 0 Å². The number of nitrogens with one attached hydrogen (secondary N) is 1. The number of nitrogens with zero attached hydrogens (tertiary/aromatic N) is 1. The number of phenols is 1. The summed E-state index contributed by atoms with van der Waals surface area (Å²) in [5.41, 5.74) is 2.89. The number of carbonyl (C=O) groups excluding carboxylic acids is 1. The summed E-state index contributed by atoms with van der Waals surface area (Å²) >= 11 is 0. The maximum Gasteiger partial charge on any atom is 0.255 e. The van der Waals surface area contributed by atoms with Crippen LogP contribution in [-0.2, 0) is 0 Å². The molecule has 0 unspecified atom stereocenters. The van der Waals surface area contributed by atoms with Crippen molar-refractivity contribution in [3.8, 4) is 5.75 Å². The van der Waals surface area contributed by atoms with E-state index in [0.29, 0.717) is 16.8 Å². The van der Waals surface area contributed by atoms with Gasteiger partial charge in [-0.3, -0.25) is 4.79 Å². The zero-order valence-electron chi connectivity index (χ0n) is 11.8. The summed E-state index contributed by atoms with van der Waals surface area (Å²) in [5.74, 6) is -0.0187. The quantitative estimate of drug-likeness (QED) is 0.901. The number of rotatable bonds is 3. The molecule has 4 nitrogen and oxygen atoms in total. The van der Waals surface area contributed by atoms with E-state index < -0.39 is 0 Å². The Morgan fingerprint density at radius 2 is 1.75 bits per heavy atom. The molecule has 0 saturated heterocycles. The van der Waals surface area contributed by atoms with Crippen molar-refractivity contribution in [1.82, 2.24) is 0 Å². The van der Waals surface area contributed by atoms with Crippen LogP contribution in [0.1, 0.15) is 15.9 Å². The van der Waals surface area contributed by atoms with Crippen LogP contribution in [0.2, 0.25) is 0 Å². The van der Waals surface area contributed by atoms with Gasteiger partial charge in [0.25, 0.3) is 5.91 Å². The van der Waals surface area contributed by atoms with Crippen LogP contribution in [0, 0.1) is 6.92 Å². The van der Waals surface area contributed by atoms with Crippen molar-refractivity contribution in [3.05, 3.63) is 53.6 Å². The molecule has 0 atom stereocenters. The minimum absolute atomic E-state index is 0.172. The lowest BCUT2D eigenvalue weighted by Gasteiger charge is -2.13. The van der Waals surface area contributed by atoms with E-state index in [4.69, 9.17) is 0 Å². The van der Waals surface area contributed by atoms with Gasteiger partial charge in [-0.15, -0.1) is 0 Å². The molecule has 0 aromatic heterocycles. The predicted octanol–water partition coefficient (Wildman–Crippen LogP) is 3.02. The number of carbonyl (C=O) groups is 1. The molecule has 0 spiro atoms. The minimum Gasteiger partial charge on any atom is -0.508 e. The second kappa shape index (κ2) is 5.65. The first kappa shape index (κ1) is 13.9. The molecular weight excluding hydrogens is 252 g/mol. The molecule has 104 valence electrons. The van der Waals surface area contributed by atoms with Gasteiger partial charge < -0.3 is 15.3 Å². The molecule has 0 fully saturated rings. The summed E-state index contributed by atoms with van der Waals surface area (Å²) in [4.78, 5) is 14.1. The van der Waals surface area contributed by atoms with Gasteiger partial charge in [-0.05, 0) is 43.3 Å². The van der Waals surface area contributed by atoms with Crippen LogP contribution in [0.4, 0.5) is 11.4 Å². The number of anilines is 2. The highest BCUT2D eigenvalue weighted by atomic mass is 16.3. The number of amides is 1. The summed E-state index contributed by atoms with van der Waals surface area (Å²) in [6.07, 6.45) is 0. The minimum atomic E-state index is -0.191. The van der Waals surface area contributed by atoms with Crippen molar-refractivity contribution < 1.29 is 9.90 Å². The number of hydrogen-bond donors (Lipinski definition) is 2. The third-order valence-electron chi connectivity index (χ3n) is 3.20. The average molecular weight is 270 g/mol. The summed E-state index contributed by atoms with van der Waals surface area (Å²) in [6, 6.07) is 12.4. The molecule has 4 heteroatoms. The van der Waals surface area contributed by atoms with Gasteiger partial charge >= 0.3 is 0 Å². The number of aromatic hydroxyl groups is 1. The zero-order chi connectivity index (χ0) is 14.7. The Balaban J connectivity index is 2.18. The first-order valence-corrected chi connectivity index (χ1v) is 6.36. The largest absolute Gasteiger partial charge is 0.508 e. The normalized spacial score (nSPS) is 10.2. The van der Waals surface area contributed by atoms with Crippen LogP contribution in [0.15, 0.2) is 42.5 Å². The summed E-state index contributed by atoms with van der Waals surface area (Å²) < 4.78 is 0. The van der Waals surface area contributed by atoms with E-state index in [9.17, 15) is 9.90 Å². The van der Waals surface area contributed by atoms with Crippen molar-refractivity contribution in [3.63, 3.8) is 0 Å². The van der Waals surface area contributed by atoms with E-state index in [0.717, 1.165) is 5.69 Å². The van der Waals surface area contributed by atoms with E-state index in [1.54, 1.807) is 37.3 Å². The van der Waals surface area contributed by atoms with E-state index in [1.165, 1.54) is 0 Å². The number of benzene rings is 2. The third kappa shape index (κ3) is 2.91. The van der Waals surface area contributed by atoms with Crippen LogP contribution in [0.5, 0.6) is 5.75 Å². The van der Waals surface area contributed by atoms with Crippen molar-refractivity contribution in [2.24, 2.45) is 0 Å². The molecule has 0 radical (unpaired) electrons. The molecule has 0 aliphatic heterocycles. The van der Waals surface area contributed by atoms with Gasteiger partial charge in [0.05, 0.1) is 0 Å². The molecule has 2 rings (SSSR count). The van der Waals surface area contributed by atoms with E-state index in [2.05, 4.69) is 5.32 Å². The monoisotopic (exact) mass is 270 g/mol. The SMILES string of the molecule is Cc1c(O)cccc1NC(=O)c1ccc(N(C)C)cc1. The first-order valence-electron chi connectivity index (χ1n) is 6.36. The summed E-state index contributed by atoms with van der Waals surface area (Å²) in [6.45, 7) is 1.76. The van der Waals surface area contributed by atoms with E-state index in [-0.39, 0.29) is 11.7 Å². The van der Waals surface area contributed by atoms with Gasteiger partial charge in [-0.2, -0.15) is 0 Å². The zero-order valence-corrected chi connectivity index (χ0v) is 11.8. The van der Waals surface area contributed by atoms with E-state index in [1.807, 2.05) is 31.1 Å². The van der Waals surface area contributed by atoms with E-state index >= 15 is 0 Å². The molecule has 0 aliphatic carbocycles. The molecule has 0 saturated carbocycles. The Kier molecular flexibility index (Phi) is 3.94. The Labute approximate surface area is 118 Å². The van der Waals surface area contributed by atoms with Crippen LogP contribution in [-0.4, -0.2) is 25.1 Å². The van der Waals surface area contributed by atoms with Gasteiger partial charge in [0, 0.05) is 36.6 Å². The van der Waals surface area contributed by atoms with Gasteiger partial charge in [0.15, 0.2) is 0 Å². The van der Waals surface area contributed by atoms with Crippen LogP contribution in [0.25, 0.3) is 0 Å². The molecule has 0 aliphatic rings. The summed E-state index contributed by atoms with van der Waals surface area (Å²) in [5, 5.41) is 12.4. The Morgan fingerprint density at radius 3 is 2.35 bits per heavy atom. The van der Waals surface area contributed by atoms with Crippen LogP contribution >= 0.6 is 0 Å². The molecule has 2 aromatic rings. The maximum atomic E-state index is 12.2. The maximum absolute atomic E-state index is 12.2. The van der Waals surface area contributed by atoms with Crippen LogP contribution < -0.4 is 10.2 Å². The number of phenolic OH excluding ortho intramolecular Hbond substituents is 1. The second-order valence-corrected chi connectivity index (χ2v) is 4.85. The van der Waals surface area contributed by atoms with Gasteiger partial charge in [-0.25, -0.2) is 0 Å². The Hall–Kier alpha value is -2.49. The molecule has 20 heavy (non-hydrogen) atoms. The van der Waals surface area contributed by atoms with Crippen LogP contribution in [0.3, 0.4) is 0 Å². The lowest BCUT2D eigenvalue weighted by atomic mass is 10.1. The Morgan fingerprint density at radius 1 is 1.10 bits per heavy atom. The molecule has 1 amide bonds. The third-order valence-corrected chi connectivity index (χ3v) is 3.20. The molecule has 2 aromatic carbocycles. The highest BCUT2D eigenvalue weighted by molar-refractivity contribution is 6.05. The highest BCUT2D eigenvalue weighted by Crippen LogP contribution is 2.24. The van der Waals surface area contributed by atoms with Crippen molar-refractivity contribution in [2.45, 2.75) is 6.92 Å². The lowest BCUT2D eigenvalue weighted by molar-refractivity contribution is 0.102. The molecule has 0 heterocycles. The first-order chi connectivity index (χ1) is 9.49. The fourth-order valence-corrected chi connectivity index (χ4v) is 1.86. The highest BCUT2D eigenvalue weighted by Gasteiger charge is 2.09. The Bertz CT molecular complexity index is 619. The second-order valence-electron chi connectivity index (χ2n) is 4.85. The standard InChI is InChI=1S/C16H18N2O2/c1-11-14(5-4-6-15(11)19)17-16(20)12-7-9-13(10-8-12)18(2)3/h4-10,19H,1-3H3,(H,17,20). The number of hydrogen-bond acceptors (Lipinski definition) is 3. The van der Waals surface area contributed by atoms with Crippen molar-refractivity contribution in [2.75, 3.05) is 24.3 Å². The van der Waals surface area contributed by atoms with Crippen molar-refractivity contribution >= 4 is 17.3 Å². The smallest absolute Gasteiger partial charge is 0.255 e. The molecular formula is C16H18N2O2. The van der Waals surface area contributed by atoms with Gasteiger partial charge in [0.2, 0.25) is 0 Å². The summed E-state index contributed by atoms with van der Waals surface area (Å²) in [7, 11) is 3.90. The van der Waals surface area contributed by atoms with Gasteiger partial charge in [-0.1, -0.05) is 6.07 Å². The lowest BCUT2D eigenvalue weighted by Crippen LogP contribution is -2.13. The molecule has 2 N–H and O–H groups in total.